The van der Waals surface area contributed by atoms with Gasteiger partial charge >= 0.3 is 11.9 Å². The summed E-state index contributed by atoms with van der Waals surface area (Å²) in [5, 5.41) is 2.61. The van der Waals surface area contributed by atoms with Crippen LogP contribution in [0.5, 0.6) is 0 Å². The number of hydrogen-bond acceptors (Lipinski definition) is 5. The van der Waals surface area contributed by atoms with Crippen molar-refractivity contribution in [3.63, 3.8) is 0 Å². The second-order valence-corrected chi connectivity index (χ2v) is 6.27. The lowest BCUT2D eigenvalue weighted by atomic mass is 10.2. The SMILES string of the molecule is O=C(CCSc1nccc(C(F)(F)F)n1)Nc1ccc2[nH]c(=O)[nH]c2c1. The largest absolute Gasteiger partial charge is 0.433 e. The summed E-state index contributed by atoms with van der Waals surface area (Å²) in [6.45, 7) is 0. The molecule has 0 aliphatic rings. The van der Waals surface area contributed by atoms with E-state index in [1.165, 1.54) is 0 Å². The number of amides is 1. The van der Waals surface area contributed by atoms with Crippen LogP contribution in [0, 0.1) is 0 Å². The monoisotopic (exact) mass is 383 g/mol. The smallest absolute Gasteiger partial charge is 0.326 e. The predicted octanol–water partition coefficient (Wildman–Crippen LogP) is 2.79. The first-order valence-corrected chi connectivity index (χ1v) is 8.35. The minimum atomic E-state index is -4.53. The van der Waals surface area contributed by atoms with Gasteiger partial charge in [-0.3, -0.25) is 4.79 Å². The normalized spacial score (nSPS) is 11.7. The van der Waals surface area contributed by atoms with Crippen molar-refractivity contribution < 1.29 is 18.0 Å². The van der Waals surface area contributed by atoms with E-state index in [9.17, 15) is 22.8 Å². The molecule has 0 spiro atoms. The van der Waals surface area contributed by atoms with Crippen molar-refractivity contribution in [1.29, 1.82) is 0 Å². The number of fused-ring (bicyclic) bond motifs is 1. The van der Waals surface area contributed by atoms with E-state index in [1.807, 2.05) is 0 Å². The number of imidazole rings is 1. The third-order valence-corrected chi connectivity index (χ3v) is 4.15. The summed E-state index contributed by atoms with van der Waals surface area (Å²) in [5.74, 6) is -0.0992. The highest BCUT2D eigenvalue weighted by molar-refractivity contribution is 7.99. The van der Waals surface area contributed by atoms with E-state index in [2.05, 4.69) is 25.3 Å². The Morgan fingerprint density at radius 3 is 2.73 bits per heavy atom. The van der Waals surface area contributed by atoms with E-state index < -0.39 is 11.9 Å². The number of carbonyl (C=O) groups is 1. The Morgan fingerprint density at radius 2 is 1.96 bits per heavy atom. The Kier molecular flexibility index (Phi) is 4.98. The molecule has 136 valence electrons. The minimum Gasteiger partial charge on any atom is -0.326 e. The standard InChI is InChI=1S/C15H12F3N5O2S/c16-15(17,18)11-3-5-19-14(23-11)26-6-4-12(24)20-8-1-2-9-10(7-8)22-13(25)21-9/h1-3,5,7H,4,6H2,(H,20,24)(H2,21,22,25). The molecule has 0 fully saturated rings. The minimum absolute atomic E-state index is 0.0426. The van der Waals surface area contributed by atoms with Crippen molar-refractivity contribution in [3.8, 4) is 0 Å². The molecular formula is C15H12F3N5O2S. The van der Waals surface area contributed by atoms with E-state index in [0.29, 0.717) is 16.7 Å². The van der Waals surface area contributed by atoms with Crippen LogP contribution in [0.1, 0.15) is 12.1 Å². The van der Waals surface area contributed by atoms with Crippen molar-refractivity contribution >= 4 is 34.4 Å². The second kappa shape index (κ2) is 7.20. The molecule has 26 heavy (non-hydrogen) atoms. The number of H-pyrrole nitrogens is 2. The van der Waals surface area contributed by atoms with Gasteiger partial charge in [-0.2, -0.15) is 13.2 Å². The summed E-state index contributed by atoms with van der Waals surface area (Å²) in [6, 6.07) is 5.67. The van der Waals surface area contributed by atoms with E-state index in [4.69, 9.17) is 0 Å². The number of nitrogens with one attached hydrogen (secondary N) is 3. The van der Waals surface area contributed by atoms with Gasteiger partial charge in [0.15, 0.2) is 5.16 Å². The van der Waals surface area contributed by atoms with Gasteiger partial charge in [-0.15, -0.1) is 0 Å². The number of nitrogens with zero attached hydrogens (tertiary/aromatic N) is 2. The Labute approximate surface area is 148 Å². The molecule has 1 aromatic carbocycles. The maximum absolute atomic E-state index is 12.6. The molecule has 0 atom stereocenters. The highest BCUT2D eigenvalue weighted by Gasteiger charge is 2.32. The topological polar surface area (TPSA) is 104 Å². The van der Waals surface area contributed by atoms with Crippen LogP contribution in [0.4, 0.5) is 18.9 Å². The highest BCUT2D eigenvalue weighted by Crippen LogP contribution is 2.28. The number of rotatable bonds is 5. The van der Waals surface area contributed by atoms with Crippen LogP contribution in [0.3, 0.4) is 0 Å². The first-order chi connectivity index (χ1) is 12.3. The van der Waals surface area contributed by atoms with Crippen molar-refractivity contribution in [2.24, 2.45) is 0 Å². The molecule has 11 heteroatoms. The molecule has 0 aliphatic carbocycles. The Bertz CT molecular complexity index is 999. The molecule has 0 saturated heterocycles. The van der Waals surface area contributed by atoms with Crippen molar-refractivity contribution in [3.05, 3.63) is 46.6 Å². The van der Waals surface area contributed by atoms with Gasteiger partial charge in [-0.25, -0.2) is 14.8 Å². The van der Waals surface area contributed by atoms with Crippen LogP contribution in [0.2, 0.25) is 0 Å². The van der Waals surface area contributed by atoms with Gasteiger partial charge in [0, 0.05) is 24.1 Å². The zero-order valence-corrected chi connectivity index (χ0v) is 13.9. The zero-order valence-electron chi connectivity index (χ0n) is 13.1. The molecular weight excluding hydrogens is 371 g/mol. The number of carbonyl (C=O) groups excluding carboxylic acids is 1. The third-order valence-electron chi connectivity index (χ3n) is 3.28. The molecule has 0 saturated carbocycles. The lowest BCUT2D eigenvalue weighted by molar-refractivity contribution is -0.141. The van der Waals surface area contributed by atoms with Crippen LogP contribution in [0.25, 0.3) is 11.0 Å². The zero-order chi connectivity index (χ0) is 18.7. The quantitative estimate of drug-likeness (QED) is 0.464. The number of benzene rings is 1. The number of anilines is 1. The molecule has 3 aromatic rings. The molecule has 0 bridgehead atoms. The number of aromatic nitrogens is 4. The van der Waals surface area contributed by atoms with Gasteiger partial charge < -0.3 is 15.3 Å². The summed E-state index contributed by atoms with van der Waals surface area (Å²) in [5.41, 5.74) is 0.303. The van der Waals surface area contributed by atoms with Crippen LogP contribution < -0.4 is 11.0 Å². The van der Waals surface area contributed by atoms with E-state index in [1.54, 1.807) is 18.2 Å². The molecule has 0 unspecified atom stereocenters. The average molecular weight is 383 g/mol. The average Bonchev–Trinajstić information content (AvgIpc) is 2.93. The molecule has 0 radical (unpaired) electrons. The van der Waals surface area contributed by atoms with Crippen molar-refractivity contribution in [2.45, 2.75) is 17.8 Å². The van der Waals surface area contributed by atoms with Crippen molar-refractivity contribution in [1.82, 2.24) is 19.9 Å². The summed E-state index contributed by atoms with van der Waals surface area (Å²) in [4.78, 5) is 35.5. The fourth-order valence-corrected chi connectivity index (χ4v) is 2.91. The van der Waals surface area contributed by atoms with Gasteiger partial charge in [0.25, 0.3) is 0 Å². The van der Waals surface area contributed by atoms with Crippen LogP contribution in [-0.4, -0.2) is 31.6 Å². The summed E-state index contributed by atoms with van der Waals surface area (Å²) >= 11 is 0.960. The molecule has 3 rings (SSSR count). The fraction of sp³-hybridized carbons (Fsp3) is 0.200. The van der Waals surface area contributed by atoms with Crippen molar-refractivity contribution in [2.75, 3.05) is 11.1 Å². The lowest BCUT2D eigenvalue weighted by Gasteiger charge is -2.07. The summed E-state index contributed by atoms with van der Waals surface area (Å²) < 4.78 is 37.8. The molecule has 3 N–H and O–H groups in total. The highest BCUT2D eigenvalue weighted by atomic mass is 32.2. The first-order valence-electron chi connectivity index (χ1n) is 7.36. The van der Waals surface area contributed by atoms with Gasteiger partial charge in [0.2, 0.25) is 5.91 Å². The Hall–Kier alpha value is -2.82. The van der Waals surface area contributed by atoms with Crippen LogP contribution >= 0.6 is 11.8 Å². The summed E-state index contributed by atoms with van der Waals surface area (Å²) in [6.07, 6.45) is -3.44. The van der Waals surface area contributed by atoms with Gasteiger partial charge in [0.1, 0.15) is 5.69 Å². The molecule has 0 aliphatic heterocycles. The lowest BCUT2D eigenvalue weighted by Crippen LogP contribution is -2.12. The number of hydrogen-bond donors (Lipinski definition) is 3. The molecule has 2 aromatic heterocycles. The number of thioether (sulfide) groups is 1. The Morgan fingerprint density at radius 1 is 1.19 bits per heavy atom. The number of aromatic amines is 2. The first kappa shape index (κ1) is 18.0. The molecule has 1 amide bonds. The predicted molar refractivity (Wildman–Crippen MR) is 89.9 cm³/mol. The maximum Gasteiger partial charge on any atom is 0.433 e. The second-order valence-electron chi connectivity index (χ2n) is 5.21. The number of halogens is 3. The third kappa shape index (κ3) is 4.42. The van der Waals surface area contributed by atoms with E-state index in [0.717, 1.165) is 24.0 Å². The maximum atomic E-state index is 12.6. The van der Waals surface area contributed by atoms with E-state index in [-0.39, 0.29) is 28.9 Å². The van der Waals surface area contributed by atoms with Gasteiger partial charge in [0.05, 0.1) is 11.0 Å². The summed E-state index contributed by atoms with van der Waals surface area (Å²) in [7, 11) is 0. The van der Waals surface area contributed by atoms with Crippen LogP contribution in [-0.2, 0) is 11.0 Å². The fourth-order valence-electron chi connectivity index (χ4n) is 2.14. The molecule has 2 heterocycles. The van der Waals surface area contributed by atoms with Crippen LogP contribution in [0.15, 0.2) is 40.4 Å². The Balaban J connectivity index is 1.54. The molecule has 7 nitrogen and oxygen atoms in total. The van der Waals surface area contributed by atoms with E-state index >= 15 is 0 Å². The number of alkyl halides is 3. The van der Waals surface area contributed by atoms with Gasteiger partial charge in [-0.05, 0) is 24.3 Å². The van der Waals surface area contributed by atoms with Gasteiger partial charge in [-0.1, -0.05) is 11.8 Å².